The van der Waals surface area contributed by atoms with Crippen molar-refractivity contribution in [3.8, 4) is 6.07 Å². The third kappa shape index (κ3) is 5.98. The number of benzene rings is 1. The zero-order valence-electron chi connectivity index (χ0n) is 16.4. The fourth-order valence-corrected chi connectivity index (χ4v) is 3.58. The first kappa shape index (κ1) is 20.2. The molecular formula is C21H30N6O. The Labute approximate surface area is 167 Å². The van der Waals surface area contributed by atoms with E-state index in [9.17, 15) is 10.1 Å². The Balaban J connectivity index is 1.46. The predicted octanol–water partition coefficient (Wildman–Crippen LogP) is 1.52. The van der Waals surface area contributed by atoms with Gasteiger partial charge in [-0.15, -0.1) is 0 Å². The lowest BCUT2D eigenvalue weighted by molar-refractivity contribution is -0.117. The van der Waals surface area contributed by atoms with Crippen molar-refractivity contribution in [1.29, 1.82) is 5.26 Å². The van der Waals surface area contributed by atoms with Crippen molar-refractivity contribution in [3.05, 3.63) is 36.0 Å². The van der Waals surface area contributed by atoms with Gasteiger partial charge in [-0.2, -0.15) is 5.26 Å². The number of rotatable bonds is 7. The molecule has 0 saturated carbocycles. The summed E-state index contributed by atoms with van der Waals surface area (Å²) >= 11 is 0. The van der Waals surface area contributed by atoms with Crippen LogP contribution >= 0.6 is 0 Å². The fourth-order valence-electron chi connectivity index (χ4n) is 3.58. The minimum atomic E-state index is -0.338. The molecule has 28 heavy (non-hydrogen) atoms. The van der Waals surface area contributed by atoms with Crippen LogP contribution in [0, 0.1) is 11.3 Å². The minimum Gasteiger partial charge on any atom is -0.372 e. The summed E-state index contributed by atoms with van der Waals surface area (Å²) in [4.78, 5) is 16.9. The molecule has 7 nitrogen and oxygen atoms in total. The smallest absolute Gasteiger partial charge is 0.263 e. The van der Waals surface area contributed by atoms with Crippen molar-refractivity contribution >= 4 is 17.3 Å². The lowest BCUT2D eigenvalue weighted by atomic mass is 10.1. The molecular weight excluding hydrogens is 352 g/mol. The summed E-state index contributed by atoms with van der Waals surface area (Å²) in [5.41, 5.74) is 2.17. The maximum atomic E-state index is 12.2. The molecule has 2 aliphatic heterocycles. The molecule has 2 saturated heterocycles. The van der Waals surface area contributed by atoms with E-state index < -0.39 is 0 Å². The molecule has 150 valence electrons. The van der Waals surface area contributed by atoms with Gasteiger partial charge < -0.3 is 20.9 Å². The highest BCUT2D eigenvalue weighted by Crippen LogP contribution is 2.21. The van der Waals surface area contributed by atoms with Crippen LogP contribution < -0.4 is 20.9 Å². The molecule has 1 aromatic carbocycles. The molecule has 0 aromatic heterocycles. The first-order valence-electron chi connectivity index (χ1n) is 10.2. The number of nitriles is 1. The number of hydrogen-bond donors (Lipinski definition) is 3. The first-order valence-corrected chi connectivity index (χ1v) is 10.2. The summed E-state index contributed by atoms with van der Waals surface area (Å²) in [5.74, 6) is -0.338. The van der Waals surface area contributed by atoms with E-state index in [1.54, 1.807) is 0 Å². The zero-order valence-corrected chi connectivity index (χ0v) is 16.4. The summed E-state index contributed by atoms with van der Waals surface area (Å²) in [5, 5.41) is 18.5. The average molecular weight is 383 g/mol. The Hall–Kier alpha value is -2.56. The van der Waals surface area contributed by atoms with Crippen molar-refractivity contribution in [2.75, 3.05) is 62.6 Å². The van der Waals surface area contributed by atoms with Gasteiger partial charge in [-0.05, 0) is 43.5 Å². The Morgan fingerprint density at radius 3 is 2.50 bits per heavy atom. The summed E-state index contributed by atoms with van der Waals surface area (Å²) < 4.78 is 0. The average Bonchev–Trinajstić information content (AvgIpc) is 2.76. The van der Waals surface area contributed by atoms with Crippen molar-refractivity contribution < 1.29 is 4.79 Å². The molecule has 1 aromatic rings. The Morgan fingerprint density at radius 1 is 1.11 bits per heavy atom. The SMILES string of the molecule is N#C/C(=C/Nc1ccc(N2CCCCC2)cc1)C(=O)NCCN1CCNCC1. The molecule has 2 aliphatic rings. The quantitative estimate of drug-likeness (QED) is 0.490. The van der Waals surface area contributed by atoms with E-state index in [0.717, 1.165) is 51.5 Å². The maximum Gasteiger partial charge on any atom is 0.263 e. The summed E-state index contributed by atoms with van der Waals surface area (Å²) in [6.07, 6.45) is 5.29. The molecule has 3 N–H and O–H groups in total. The van der Waals surface area contributed by atoms with Crippen LogP contribution in [-0.4, -0.2) is 63.2 Å². The number of anilines is 2. The van der Waals surface area contributed by atoms with Gasteiger partial charge in [-0.3, -0.25) is 9.69 Å². The second-order valence-electron chi connectivity index (χ2n) is 7.26. The van der Waals surface area contributed by atoms with E-state index in [2.05, 4.69) is 37.9 Å². The summed E-state index contributed by atoms with van der Waals surface area (Å²) in [7, 11) is 0. The van der Waals surface area contributed by atoms with E-state index in [4.69, 9.17) is 0 Å². The number of nitrogens with one attached hydrogen (secondary N) is 3. The van der Waals surface area contributed by atoms with Gasteiger partial charge >= 0.3 is 0 Å². The van der Waals surface area contributed by atoms with Crippen LogP contribution in [0.5, 0.6) is 0 Å². The molecule has 2 heterocycles. The number of carbonyl (C=O) groups excluding carboxylic acids is 1. The molecule has 3 rings (SSSR count). The van der Waals surface area contributed by atoms with Crippen LogP contribution in [0.25, 0.3) is 0 Å². The van der Waals surface area contributed by atoms with E-state index >= 15 is 0 Å². The molecule has 7 heteroatoms. The van der Waals surface area contributed by atoms with Crippen LogP contribution in [0.4, 0.5) is 11.4 Å². The van der Waals surface area contributed by atoms with Crippen molar-refractivity contribution in [1.82, 2.24) is 15.5 Å². The molecule has 0 aliphatic carbocycles. The largest absolute Gasteiger partial charge is 0.372 e. The van der Waals surface area contributed by atoms with E-state index in [0.29, 0.717) is 6.54 Å². The summed E-state index contributed by atoms with van der Waals surface area (Å²) in [6, 6.07) is 10.1. The van der Waals surface area contributed by atoms with Crippen LogP contribution in [0.2, 0.25) is 0 Å². The lowest BCUT2D eigenvalue weighted by Gasteiger charge is -2.28. The van der Waals surface area contributed by atoms with Crippen molar-refractivity contribution in [2.24, 2.45) is 0 Å². The van der Waals surface area contributed by atoms with E-state index in [1.807, 2.05) is 18.2 Å². The number of nitrogens with zero attached hydrogens (tertiary/aromatic N) is 3. The second kappa shape index (κ2) is 10.7. The fraction of sp³-hybridized carbons (Fsp3) is 0.524. The number of piperidine rings is 1. The van der Waals surface area contributed by atoms with Crippen LogP contribution in [0.15, 0.2) is 36.0 Å². The number of piperazine rings is 1. The molecule has 0 bridgehead atoms. The van der Waals surface area contributed by atoms with Gasteiger partial charge in [0.1, 0.15) is 11.6 Å². The minimum absolute atomic E-state index is 0.0837. The van der Waals surface area contributed by atoms with Gasteiger partial charge in [-0.25, -0.2) is 0 Å². The number of amides is 1. The van der Waals surface area contributed by atoms with Gasteiger partial charge in [-0.1, -0.05) is 0 Å². The molecule has 0 spiro atoms. The molecule has 0 radical (unpaired) electrons. The third-order valence-corrected chi connectivity index (χ3v) is 5.26. The monoisotopic (exact) mass is 382 g/mol. The highest BCUT2D eigenvalue weighted by Gasteiger charge is 2.12. The summed E-state index contributed by atoms with van der Waals surface area (Å²) in [6.45, 7) is 7.52. The first-order chi connectivity index (χ1) is 13.8. The third-order valence-electron chi connectivity index (χ3n) is 5.26. The Bertz CT molecular complexity index is 697. The molecule has 2 fully saturated rings. The zero-order chi connectivity index (χ0) is 19.6. The van der Waals surface area contributed by atoms with Gasteiger partial charge in [0.05, 0.1) is 0 Å². The van der Waals surface area contributed by atoms with Crippen molar-refractivity contribution in [3.63, 3.8) is 0 Å². The number of carbonyl (C=O) groups is 1. The highest BCUT2D eigenvalue weighted by atomic mass is 16.1. The molecule has 0 atom stereocenters. The predicted molar refractivity (Wildman–Crippen MR) is 112 cm³/mol. The number of hydrogen-bond acceptors (Lipinski definition) is 6. The van der Waals surface area contributed by atoms with Gasteiger partial charge in [0, 0.05) is 69.9 Å². The van der Waals surface area contributed by atoms with Gasteiger partial charge in [0.2, 0.25) is 0 Å². The van der Waals surface area contributed by atoms with Crippen LogP contribution in [0.3, 0.4) is 0 Å². The molecule has 1 amide bonds. The standard InChI is InChI=1S/C21H30N6O/c22-16-18(21(28)24-10-15-26-13-8-23-9-14-26)17-25-19-4-6-20(7-5-19)27-11-2-1-3-12-27/h4-7,17,23,25H,1-3,8-15H2,(H,24,28)/b18-17-. The normalized spacial score (nSPS) is 18.4. The van der Waals surface area contributed by atoms with Gasteiger partial charge in [0.25, 0.3) is 5.91 Å². The maximum absolute atomic E-state index is 12.2. The van der Waals surface area contributed by atoms with E-state index in [1.165, 1.54) is 31.1 Å². The van der Waals surface area contributed by atoms with E-state index in [-0.39, 0.29) is 11.5 Å². The highest BCUT2D eigenvalue weighted by molar-refractivity contribution is 5.97. The van der Waals surface area contributed by atoms with Crippen LogP contribution in [0.1, 0.15) is 19.3 Å². The second-order valence-corrected chi connectivity index (χ2v) is 7.26. The topological polar surface area (TPSA) is 83.4 Å². The molecule has 0 unspecified atom stereocenters. The Morgan fingerprint density at radius 2 is 1.82 bits per heavy atom. The lowest BCUT2D eigenvalue weighted by Crippen LogP contribution is -2.46. The Kier molecular flexibility index (Phi) is 7.71. The van der Waals surface area contributed by atoms with Crippen molar-refractivity contribution in [2.45, 2.75) is 19.3 Å². The van der Waals surface area contributed by atoms with Gasteiger partial charge in [0.15, 0.2) is 0 Å². The van der Waals surface area contributed by atoms with Crippen LogP contribution in [-0.2, 0) is 4.79 Å².